The minimum atomic E-state index is -2.63. The second kappa shape index (κ2) is 5.77. The van der Waals surface area contributed by atoms with E-state index in [1.54, 1.807) is 13.0 Å². The molecule has 1 aromatic rings. The van der Waals surface area contributed by atoms with Gasteiger partial charge in [-0.2, -0.15) is 0 Å². The lowest BCUT2D eigenvalue weighted by atomic mass is 9.87. The second-order valence-electron chi connectivity index (χ2n) is 5.32. The van der Waals surface area contributed by atoms with Gasteiger partial charge in [-0.25, -0.2) is 8.78 Å². The molecule has 1 saturated carbocycles. The van der Waals surface area contributed by atoms with Gasteiger partial charge in [0.2, 0.25) is 0 Å². The zero-order valence-corrected chi connectivity index (χ0v) is 11.5. The summed E-state index contributed by atoms with van der Waals surface area (Å²) >= 11 is 0. The molecule has 0 spiro atoms. The Morgan fingerprint density at radius 2 is 2.00 bits per heavy atom. The first-order valence-corrected chi connectivity index (χ1v) is 6.62. The molecule has 1 aliphatic carbocycles. The maximum absolute atomic E-state index is 13.1. The van der Waals surface area contributed by atoms with Crippen LogP contribution in [0.25, 0.3) is 0 Å². The largest absolute Gasteiger partial charge is 0.496 e. The Bertz CT molecular complexity index is 510. The summed E-state index contributed by atoms with van der Waals surface area (Å²) in [6, 6.07) is 3.17. The van der Waals surface area contributed by atoms with Crippen LogP contribution in [0.5, 0.6) is 5.75 Å². The van der Waals surface area contributed by atoms with Crippen molar-refractivity contribution in [3.8, 4) is 5.75 Å². The van der Waals surface area contributed by atoms with E-state index in [-0.39, 0.29) is 29.6 Å². The van der Waals surface area contributed by atoms with E-state index in [1.165, 1.54) is 13.2 Å². The van der Waals surface area contributed by atoms with Gasteiger partial charge in [-0.15, -0.1) is 0 Å². The van der Waals surface area contributed by atoms with Crippen LogP contribution in [0.4, 0.5) is 8.78 Å². The average Bonchev–Trinajstić information content (AvgIpc) is 3.18. The number of carboxylic acids is 1. The quantitative estimate of drug-likeness (QED) is 0.861. The SMILES string of the molecule is COc1c(C(F)F)cc(C)cc1C(CC(=O)O)C1CC1. The van der Waals surface area contributed by atoms with Crippen LogP contribution in [0.2, 0.25) is 0 Å². The number of methoxy groups -OCH3 is 1. The molecule has 1 N–H and O–H groups in total. The van der Waals surface area contributed by atoms with Crippen molar-refractivity contribution in [3.63, 3.8) is 0 Å². The highest BCUT2D eigenvalue weighted by atomic mass is 19.3. The number of ether oxygens (including phenoxy) is 1. The van der Waals surface area contributed by atoms with Gasteiger partial charge in [-0.3, -0.25) is 4.79 Å². The van der Waals surface area contributed by atoms with Crippen LogP contribution >= 0.6 is 0 Å². The number of alkyl halides is 2. The lowest BCUT2D eigenvalue weighted by Crippen LogP contribution is -2.11. The van der Waals surface area contributed by atoms with Gasteiger partial charge in [-0.05, 0) is 37.3 Å². The molecular weight excluding hydrogens is 266 g/mol. The molecule has 0 amide bonds. The van der Waals surface area contributed by atoms with E-state index in [0.29, 0.717) is 11.1 Å². The number of hydrogen-bond donors (Lipinski definition) is 1. The minimum absolute atomic E-state index is 0.0485. The molecule has 5 heteroatoms. The molecule has 1 fully saturated rings. The van der Waals surface area contributed by atoms with E-state index in [9.17, 15) is 13.6 Å². The number of halogens is 2. The summed E-state index contributed by atoms with van der Waals surface area (Å²) < 4.78 is 31.4. The average molecular weight is 284 g/mol. The topological polar surface area (TPSA) is 46.5 Å². The predicted octanol–water partition coefficient (Wildman–Crippen LogP) is 3.91. The molecule has 110 valence electrons. The highest BCUT2D eigenvalue weighted by Crippen LogP contribution is 2.48. The molecule has 0 radical (unpaired) electrons. The van der Waals surface area contributed by atoms with E-state index in [4.69, 9.17) is 9.84 Å². The molecule has 1 aromatic carbocycles. The van der Waals surface area contributed by atoms with Gasteiger partial charge in [0.05, 0.1) is 19.1 Å². The minimum Gasteiger partial charge on any atom is -0.496 e. The van der Waals surface area contributed by atoms with Crippen molar-refractivity contribution in [1.82, 2.24) is 0 Å². The van der Waals surface area contributed by atoms with Gasteiger partial charge in [0.25, 0.3) is 6.43 Å². The first-order valence-electron chi connectivity index (χ1n) is 6.62. The fraction of sp³-hybridized carbons (Fsp3) is 0.533. The van der Waals surface area contributed by atoms with Crippen molar-refractivity contribution >= 4 is 5.97 Å². The molecule has 0 aliphatic heterocycles. The Morgan fingerprint density at radius 3 is 2.45 bits per heavy atom. The summed E-state index contributed by atoms with van der Waals surface area (Å²) in [5, 5.41) is 9.04. The molecule has 1 atom stereocenters. The maximum Gasteiger partial charge on any atom is 0.303 e. The molecule has 20 heavy (non-hydrogen) atoms. The Balaban J connectivity index is 2.49. The number of carbonyl (C=O) groups is 1. The van der Waals surface area contributed by atoms with Crippen molar-refractivity contribution in [1.29, 1.82) is 0 Å². The van der Waals surface area contributed by atoms with Gasteiger partial charge in [0, 0.05) is 5.92 Å². The van der Waals surface area contributed by atoms with Gasteiger partial charge in [0.1, 0.15) is 5.75 Å². The fourth-order valence-corrected chi connectivity index (χ4v) is 2.72. The van der Waals surface area contributed by atoms with Crippen LogP contribution in [0, 0.1) is 12.8 Å². The van der Waals surface area contributed by atoms with E-state index in [1.807, 2.05) is 0 Å². The molecule has 3 nitrogen and oxygen atoms in total. The Labute approximate surface area is 116 Å². The lowest BCUT2D eigenvalue weighted by molar-refractivity contribution is -0.137. The molecule has 0 heterocycles. The Hall–Kier alpha value is -1.65. The van der Waals surface area contributed by atoms with Crippen LogP contribution in [0.3, 0.4) is 0 Å². The van der Waals surface area contributed by atoms with Gasteiger partial charge in [-0.1, -0.05) is 11.6 Å². The summed E-state index contributed by atoms with van der Waals surface area (Å²) in [6.45, 7) is 1.74. The van der Waals surface area contributed by atoms with Gasteiger partial charge < -0.3 is 9.84 Å². The van der Waals surface area contributed by atoms with Gasteiger partial charge >= 0.3 is 5.97 Å². The molecule has 2 rings (SSSR count). The molecule has 0 saturated heterocycles. The standard InChI is InChI=1S/C15H18F2O3/c1-8-5-11(10(7-13(18)19)9-3-4-9)14(20-2)12(6-8)15(16)17/h5-6,9-10,15H,3-4,7H2,1-2H3,(H,18,19). The number of carboxylic acid groups (broad SMARTS) is 1. The normalized spacial score (nSPS) is 16.2. The molecule has 1 aliphatic rings. The van der Waals surface area contributed by atoms with Crippen LogP contribution in [-0.2, 0) is 4.79 Å². The van der Waals surface area contributed by atoms with E-state index >= 15 is 0 Å². The number of hydrogen-bond acceptors (Lipinski definition) is 2. The predicted molar refractivity (Wildman–Crippen MR) is 70.4 cm³/mol. The lowest BCUT2D eigenvalue weighted by Gasteiger charge is -2.21. The third kappa shape index (κ3) is 3.08. The summed E-state index contributed by atoms with van der Waals surface area (Å²) in [6.07, 6.45) is -0.793. The highest BCUT2D eigenvalue weighted by molar-refractivity contribution is 5.68. The smallest absolute Gasteiger partial charge is 0.303 e. The van der Waals surface area contributed by atoms with Crippen LogP contribution in [0.1, 0.15) is 48.3 Å². The Morgan fingerprint density at radius 1 is 1.40 bits per heavy atom. The third-order valence-corrected chi connectivity index (χ3v) is 3.71. The first kappa shape index (κ1) is 14.8. The fourth-order valence-electron chi connectivity index (χ4n) is 2.72. The van der Waals surface area contributed by atoms with Crippen molar-refractivity contribution in [2.24, 2.45) is 5.92 Å². The van der Waals surface area contributed by atoms with Crippen LogP contribution in [-0.4, -0.2) is 18.2 Å². The summed E-state index contributed by atoms with van der Waals surface area (Å²) in [4.78, 5) is 11.0. The first-order chi connectivity index (χ1) is 9.43. The van der Waals surface area contributed by atoms with Crippen molar-refractivity contribution in [2.45, 2.75) is 38.5 Å². The van der Waals surface area contributed by atoms with E-state index in [0.717, 1.165) is 12.8 Å². The number of rotatable bonds is 6. The second-order valence-corrected chi connectivity index (χ2v) is 5.32. The number of benzene rings is 1. The molecular formula is C15H18F2O3. The summed E-state index contributed by atoms with van der Waals surface area (Å²) in [7, 11) is 1.35. The van der Waals surface area contributed by atoms with Crippen molar-refractivity contribution < 1.29 is 23.4 Å². The maximum atomic E-state index is 13.1. The van der Waals surface area contributed by atoms with E-state index < -0.39 is 12.4 Å². The zero-order chi connectivity index (χ0) is 14.9. The monoisotopic (exact) mass is 284 g/mol. The summed E-state index contributed by atoms with van der Waals surface area (Å²) in [5.41, 5.74) is 1.15. The summed E-state index contributed by atoms with van der Waals surface area (Å²) in [5.74, 6) is -0.764. The van der Waals surface area contributed by atoms with Crippen molar-refractivity contribution in [3.05, 3.63) is 28.8 Å². The van der Waals surface area contributed by atoms with Crippen molar-refractivity contribution in [2.75, 3.05) is 7.11 Å². The van der Waals surface area contributed by atoms with Crippen LogP contribution < -0.4 is 4.74 Å². The third-order valence-electron chi connectivity index (χ3n) is 3.71. The Kier molecular flexibility index (Phi) is 4.26. The zero-order valence-electron chi connectivity index (χ0n) is 11.5. The molecule has 1 unspecified atom stereocenters. The number of aryl methyl sites for hydroxylation is 1. The van der Waals surface area contributed by atoms with Crippen LogP contribution in [0.15, 0.2) is 12.1 Å². The molecule has 0 aromatic heterocycles. The highest BCUT2D eigenvalue weighted by Gasteiger charge is 2.36. The van der Waals surface area contributed by atoms with Gasteiger partial charge in [0.15, 0.2) is 0 Å². The molecule has 0 bridgehead atoms. The number of aliphatic carboxylic acids is 1. The van der Waals surface area contributed by atoms with E-state index in [2.05, 4.69) is 0 Å².